The molecule has 0 saturated carbocycles. The summed E-state index contributed by atoms with van der Waals surface area (Å²) in [5, 5.41) is 2.75. The third-order valence-electron chi connectivity index (χ3n) is 5.97. The lowest BCUT2D eigenvalue weighted by molar-refractivity contribution is -0.291. The Labute approximate surface area is 230 Å². The van der Waals surface area contributed by atoms with Gasteiger partial charge in [-0.05, 0) is 60.5 Å². The molecule has 0 unspecified atom stereocenters. The van der Waals surface area contributed by atoms with Gasteiger partial charge in [-0.3, -0.25) is 10.1 Å². The van der Waals surface area contributed by atoms with Crippen molar-refractivity contribution in [2.45, 2.75) is 30.5 Å². The minimum absolute atomic E-state index is 0.00944. The van der Waals surface area contributed by atoms with Crippen molar-refractivity contribution in [3.8, 4) is 0 Å². The number of hydrogen-bond acceptors (Lipinski definition) is 5. The highest BCUT2D eigenvalue weighted by atomic mass is 32.2. The number of carbonyl (C=O) groups excluding carboxylic acids is 2. The Morgan fingerprint density at radius 1 is 0.927 bits per heavy atom. The number of ether oxygens (including phenoxy) is 1. The summed E-state index contributed by atoms with van der Waals surface area (Å²) in [5.41, 5.74) is 2.03. The molecule has 0 aliphatic rings. The lowest BCUT2D eigenvalue weighted by Crippen LogP contribution is -2.41. The Morgan fingerprint density at radius 3 is 2.37 bits per heavy atom. The van der Waals surface area contributed by atoms with Crippen LogP contribution >= 0.6 is 0 Å². The molecule has 14 heteroatoms. The molecule has 4 aromatic rings. The van der Waals surface area contributed by atoms with Gasteiger partial charge in [0.05, 0.1) is 4.90 Å². The molecule has 0 radical (unpaired) electrons. The van der Waals surface area contributed by atoms with Crippen LogP contribution in [0.5, 0.6) is 0 Å². The summed E-state index contributed by atoms with van der Waals surface area (Å²) in [6.07, 6.45) is -5.62. The molecule has 2 amide bonds. The molecule has 1 heterocycles. The minimum Gasteiger partial charge on any atom is -0.442 e. The van der Waals surface area contributed by atoms with Crippen LogP contribution in [0.3, 0.4) is 0 Å². The molecule has 0 spiro atoms. The molecule has 4 rings (SSSR count). The SMILES string of the molecule is Cc1ccccc1S(=O)(=O)NC(=O)c1ccc2c(ccn2Cc2cccc(NC(=O)OCC(F)(F)C(F)(F)F)c2)c1. The normalized spacial score (nSPS) is 12.2. The molecule has 0 aliphatic carbocycles. The average molecular weight is 596 g/mol. The fourth-order valence-corrected chi connectivity index (χ4v) is 5.13. The van der Waals surface area contributed by atoms with E-state index >= 15 is 0 Å². The summed E-state index contributed by atoms with van der Waals surface area (Å²) in [4.78, 5) is 24.5. The van der Waals surface area contributed by atoms with E-state index in [1.165, 1.54) is 36.4 Å². The number of nitrogens with one attached hydrogen (secondary N) is 2. The van der Waals surface area contributed by atoms with Crippen LogP contribution in [0, 0.1) is 6.92 Å². The van der Waals surface area contributed by atoms with Crippen LogP contribution in [0.15, 0.2) is 83.9 Å². The number of amides is 2. The van der Waals surface area contributed by atoms with Crippen molar-refractivity contribution in [2.24, 2.45) is 0 Å². The van der Waals surface area contributed by atoms with Gasteiger partial charge in [0.25, 0.3) is 15.9 Å². The maximum Gasteiger partial charge on any atom is 0.456 e. The van der Waals surface area contributed by atoms with E-state index in [2.05, 4.69) is 14.8 Å². The number of anilines is 1. The van der Waals surface area contributed by atoms with Gasteiger partial charge in [-0.1, -0.05) is 30.3 Å². The predicted octanol–water partition coefficient (Wildman–Crippen LogP) is 5.86. The first-order valence-electron chi connectivity index (χ1n) is 11.9. The van der Waals surface area contributed by atoms with Crippen molar-refractivity contribution in [3.63, 3.8) is 0 Å². The smallest absolute Gasteiger partial charge is 0.442 e. The Kier molecular flexibility index (Phi) is 8.06. The molecule has 216 valence electrons. The maximum absolute atomic E-state index is 13.0. The molecule has 0 fully saturated rings. The molecule has 3 aromatic carbocycles. The van der Waals surface area contributed by atoms with E-state index in [0.717, 1.165) is 0 Å². The summed E-state index contributed by atoms with van der Waals surface area (Å²) >= 11 is 0. The van der Waals surface area contributed by atoms with Crippen LogP contribution in [0.25, 0.3) is 10.9 Å². The van der Waals surface area contributed by atoms with E-state index in [1.807, 2.05) is 0 Å². The highest BCUT2D eigenvalue weighted by molar-refractivity contribution is 7.90. The number of fused-ring (bicyclic) bond motifs is 1. The van der Waals surface area contributed by atoms with Gasteiger partial charge in [0.1, 0.15) is 0 Å². The predicted molar refractivity (Wildman–Crippen MR) is 139 cm³/mol. The number of sulfonamides is 1. The number of nitrogens with zero attached hydrogens (tertiary/aromatic N) is 1. The number of hydrogen-bond donors (Lipinski definition) is 2. The van der Waals surface area contributed by atoms with E-state index < -0.39 is 40.7 Å². The van der Waals surface area contributed by atoms with Crippen LogP contribution in [0.2, 0.25) is 0 Å². The molecule has 0 aliphatic heterocycles. The quantitative estimate of drug-likeness (QED) is 0.248. The lowest BCUT2D eigenvalue weighted by atomic mass is 10.1. The van der Waals surface area contributed by atoms with Gasteiger partial charge < -0.3 is 9.30 Å². The summed E-state index contributed by atoms with van der Waals surface area (Å²) in [6, 6.07) is 18.7. The molecule has 1 aromatic heterocycles. The number of aryl methyl sites for hydroxylation is 1. The zero-order valence-electron chi connectivity index (χ0n) is 21.2. The second kappa shape index (κ2) is 11.2. The first kappa shape index (κ1) is 29.5. The van der Waals surface area contributed by atoms with Crippen LogP contribution in [-0.4, -0.2) is 43.7 Å². The fourth-order valence-electron chi connectivity index (χ4n) is 3.91. The van der Waals surface area contributed by atoms with Crippen molar-refractivity contribution >= 4 is 38.6 Å². The fraction of sp³-hybridized carbons (Fsp3) is 0.185. The van der Waals surface area contributed by atoms with Crippen molar-refractivity contribution < 1.29 is 44.7 Å². The monoisotopic (exact) mass is 595 g/mol. The first-order chi connectivity index (χ1) is 19.2. The number of rotatable bonds is 8. The van der Waals surface area contributed by atoms with E-state index in [-0.39, 0.29) is 22.7 Å². The highest BCUT2D eigenvalue weighted by Gasteiger charge is 2.58. The van der Waals surface area contributed by atoms with Gasteiger partial charge >= 0.3 is 18.2 Å². The summed E-state index contributed by atoms with van der Waals surface area (Å²) in [7, 11) is -4.09. The minimum atomic E-state index is -5.85. The second-order valence-corrected chi connectivity index (χ2v) is 10.7. The molecule has 8 nitrogen and oxygen atoms in total. The largest absolute Gasteiger partial charge is 0.456 e. The van der Waals surface area contributed by atoms with Crippen molar-refractivity contribution in [3.05, 3.63) is 95.7 Å². The number of benzene rings is 3. The van der Waals surface area contributed by atoms with Crippen molar-refractivity contribution in [2.75, 3.05) is 11.9 Å². The Hall–Kier alpha value is -4.46. The Balaban J connectivity index is 1.43. The van der Waals surface area contributed by atoms with Gasteiger partial charge in [-0.2, -0.15) is 22.0 Å². The topological polar surface area (TPSA) is 107 Å². The third kappa shape index (κ3) is 6.82. The van der Waals surface area contributed by atoms with E-state index in [4.69, 9.17) is 0 Å². The summed E-state index contributed by atoms with van der Waals surface area (Å²) in [5.74, 6) is -5.99. The van der Waals surface area contributed by atoms with E-state index in [0.29, 0.717) is 22.0 Å². The van der Waals surface area contributed by atoms with Crippen LogP contribution < -0.4 is 10.0 Å². The highest BCUT2D eigenvalue weighted by Crippen LogP contribution is 2.35. The molecular weight excluding hydrogens is 573 g/mol. The molecular formula is C27H22F5N3O5S. The van der Waals surface area contributed by atoms with Crippen LogP contribution in [0.4, 0.5) is 32.4 Å². The van der Waals surface area contributed by atoms with Gasteiger partial charge in [-0.25, -0.2) is 17.9 Å². The van der Waals surface area contributed by atoms with Crippen LogP contribution in [-0.2, 0) is 21.3 Å². The van der Waals surface area contributed by atoms with Crippen molar-refractivity contribution in [1.82, 2.24) is 9.29 Å². The van der Waals surface area contributed by atoms with E-state index in [1.54, 1.807) is 54.1 Å². The van der Waals surface area contributed by atoms with Crippen LogP contribution in [0.1, 0.15) is 21.5 Å². The number of halogens is 5. The van der Waals surface area contributed by atoms with Crippen molar-refractivity contribution in [1.29, 1.82) is 0 Å². The standard InChI is InChI=1S/C27H22F5N3O5S/c1-17-5-2-3-8-23(17)41(38,39)34-24(36)20-9-10-22-19(14-20)11-12-35(22)15-18-6-4-7-21(13-18)33-25(37)40-16-26(28,29)27(30,31)32/h2-14H,15-16H2,1H3,(H,33,37)(H,34,36). The Bertz CT molecular complexity index is 1720. The average Bonchev–Trinajstić information content (AvgIpc) is 3.29. The van der Waals surface area contributed by atoms with Gasteiger partial charge in [0.15, 0.2) is 6.61 Å². The maximum atomic E-state index is 13.0. The molecule has 41 heavy (non-hydrogen) atoms. The Morgan fingerprint density at radius 2 is 1.66 bits per heavy atom. The molecule has 0 bridgehead atoms. The van der Waals surface area contributed by atoms with Gasteiger partial charge in [-0.15, -0.1) is 0 Å². The lowest BCUT2D eigenvalue weighted by Gasteiger charge is -2.19. The molecule has 2 N–H and O–H groups in total. The first-order valence-corrected chi connectivity index (χ1v) is 13.3. The van der Waals surface area contributed by atoms with Gasteiger partial charge in [0.2, 0.25) is 0 Å². The second-order valence-electron chi connectivity index (χ2n) is 9.02. The number of carbonyl (C=O) groups is 2. The zero-order valence-corrected chi connectivity index (χ0v) is 22.0. The summed E-state index contributed by atoms with van der Waals surface area (Å²) in [6.45, 7) is -0.284. The van der Waals surface area contributed by atoms with E-state index in [9.17, 15) is 40.0 Å². The molecule has 0 saturated heterocycles. The molecule has 0 atom stereocenters. The third-order valence-corrected chi connectivity index (χ3v) is 7.46. The number of alkyl halides is 5. The zero-order chi connectivity index (χ0) is 30.0. The number of aromatic nitrogens is 1. The summed E-state index contributed by atoms with van der Waals surface area (Å²) < 4.78 is 96.0. The van der Waals surface area contributed by atoms with Gasteiger partial charge in [0, 0.05) is 34.9 Å².